The van der Waals surface area contributed by atoms with Crippen LogP contribution in [0.3, 0.4) is 0 Å². The van der Waals surface area contributed by atoms with Crippen LogP contribution in [0.15, 0.2) is 30.3 Å². The van der Waals surface area contributed by atoms with Crippen molar-refractivity contribution in [3.05, 3.63) is 58.4 Å². The van der Waals surface area contributed by atoms with Crippen LogP contribution in [0.5, 0.6) is 0 Å². The van der Waals surface area contributed by atoms with Gasteiger partial charge in [-0.15, -0.1) is 0 Å². The first-order valence-electron chi connectivity index (χ1n) is 8.57. The van der Waals surface area contributed by atoms with Gasteiger partial charge >= 0.3 is 0 Å². The lowest BCUT2D eigenvalue weighted by atomic mass is 10.0. The molecular weight excluding hydrogens is 300 g/mol. The van der Waals surface area contributed by atoms with Crippen LogP contribution >= 0.6 is 0 Å². The first kappa shape index (κ1) is 16.5. The number of hydrogen-bond donors (Lipinski definition) is 1. The van der Waals surface area contributed by atoms with E-state index in [2.05, 4.69) is 16.0 Å². The fourth-order valence-corrected chi connectivity index (χ4v) is 3.24. The zero-order valence-corrected chi connectivity index (χ0v) is 14.4. The van der Waals surface area contributed by atoms with Gasteiger partial charge in [-0.05, 0) is 55.5 Å². The lowest BCUT2D eigenvalue weighted by Crippen LogP contribution is -2.24. The average molecular weight is 324 g/mol. The van der Waals surface area contributed by atoms with Crippen molar-refractivity contribution in [3.63, 3.8) is 0 Å². The van der Waals surface area contributed by atoms with Gasteiger partial charge < -0.3 is 9.88 Å². The Bertz CT molecular complexity index is 774. The molecule has 0 spiro atoms. The van der Waals surface area contributed by atoms with Gasteiger partial charge in [0.25, 0.3) is 0 Å². The van der Waals surface area contributed by atoms with Crippen LogP contribution in [0, 0.1) is 6.92 Å². The number of aromatic nitrogens is 1. The van der Waals surface area contributed by atoms with Gasteiger partial charge in [0.05, 0.1) is 6.54 Å². The first-order valence-corrected chi connectivity index (χ1v) is 8.57. The number of carbonyl (C=O) groups excluding carboxylic acids is 2. The number of hydrogen-bond acceptors (Lipinski definition) is 2. The maximum atomic E-state index is 12.3. The lowest BCUT2D eigenvalue weighted by Gasteiger charge is -2.08. The summed E-state index contributed by atoms with van der Waals surface area (Å²) in [5.74, 6) is -0.0297. The zero-order valence-electron chi connectivity index (χ0n) is 14.4. The molecule has 1 amide bonds. The molecule has 4 nitrogen and oxygen atoms in total. The lowest BCUT2D eigenvalue weighted by molar-refractivity contribution is -0.121. The fourth-order valence-electron chi connectivity index (χ4n) is 3.24. The van der Waals surface area contributed by atoms with Gasteiger partial charge in [0, 0.05) is 36.8 Å². The molecule has 0 saturated heterocycles. The van der Waals surface area contributed by atoms with E-state index in [1.165, 1.54) is 17.5 Å². The van der Waals surface area contributed by atoms with Gasteiger partial charge in [0.1, 0.15) is 0 Å². The van der Waals surface area contributed by atoms with Crippen molar-refractivity contribution in [1.29, 1.82) is 0 Å². The van der Waals surface area contributed by atoms with Crippen LogP contribution in [-0.4, -0.2) is 16.3 Å². The van der Waals surface area contributed by atoms with Crippen LogP contribution in [0.2, 0.25) is 0 Å². The van der Waals surface area contributed by atoms with Gasteiger partial charge in [-0.1, -0.05) is 12.1 Å². The predicted octanol–water partition coefficient (Wildman–Crippen LogP) is 3.10. The van der Waals surface area contributed by atoms with E-state index in [1.807, 2.05) is 38.2 Å². The highest BCUT2D eigenvalue weighted by molar-refractivity contribution is 5.98. The third kappa shape index (κ3) is 3.58. The molecule has 0 fully saturated rings. The van der Waals surface area contributed by atoms with Crippen LogP contribution in [0.25, 0.3) is 0 Å². The fraction of sp³-hybridized carbons (Fsp3) is 0.400. The largest absolute Gasteiger partial charge is 0.351 e. The molecule has 1 heterocycles. The molecule has 0 bridgehead atoms. The van der Waals surface area contributed by atoms with Crippen molar-refractivity contribution in [2.45, 2.75) is 45.6 Å². The number of Topliss-reactive ketones (excluding diaryl/α,β-unsaturated/α-hetero) is 1. The Morgan fingerprint density at radius 3 is 2.62 bits per heavy atom. The second-order valence-electron chi connectivity index (χ2n) is 6.56. The second-order valence-corrected chi connectivity index (χ2v) is 6.56. The Morgan fingerprint density at radius 2 is 1.88 bits per heavy atom. The van der Waals surface area contributed by atoms with Gasteiger partial charge in [0.2, 0.25) is 5.91 Å². The maximum absolute atomic E-state index is 12.3. The highest BCUT2D eigenvalue weighted by Gasteiger charge is 2.15. The number of amides is 1. The molecule has 4 heteroatoms. The van der Waals surface area contributed by atoms with E-state index < -0.39 is 0 Å². The van der Waals surface area contributed by atoms with Crippen molar-refractivity contribution >= 4 is 11.7 Å². The number of nitrogens with one attached hydrogen (secondary N) is 1. The molecule has 1 aromatic carbocycles. The normalized spacial score (nSPS) is 12.9. The standard InChI is InChI=1S/C20H24N2O2/c1-14-6-9-18(22(14)2)13-21-20(24)11-10-19(23)17-8-7-15-4-3-5-16(15)12-17/h6-9,12H,3-5,10-11,13H2,1-2H3,(H,21,24). The van der Waals surface area contributed by atoms with Crippen LogP contribution in [0.4, 0.5) is 0 Å². The van der Waals surface area contributed by atoms with E-state index in [1.54, 1.807) is 0 Å². The summed E-state index contributed by atoms with van der Waals surface area (Å²) in [5.41, 5.74) is 5.62. The molecule has 0 aliphatic heterocycles. The second kappa shape index (κ2) is 7.04. The summed E-state index contributed by atoms with van der Waals surface area (Å²) >= 11 is 0. The molecule has 1 aliphatic carbocycles. The highest BCUT2D eigenvalue weighted by Crippen LogP contribution is 2.23. The SMILES string of the molecule is Cc1ccc(CNC(=O)CCC(=O)c2ccc3c(c2)CCC3)n1C. The Balaban J connectivity index is 1.49. The Morgan fingerprint density at radius 1 is 1.08 bits per heavy atom. The molecule has 0 saturated carbocycles. The number of nitrogens with zero attached hydrogens (tertiary/aromatic N) is 1. The summed E-state index contributed by atoms with van der Waals surface area (Å²) in [4.78, 5) is 24.3. The molecule has 2 aromatic rings. The quantitative estimate of drug-likeness (QED) is 0.830. The molecule has 24 heavy (non-hydrogen) atoms. The molecule has 3 rings (SSSR count). The minimum absolute atomic E-state index is 0.0505. The zero-order chi connectivity index (χ0) is 17.1. The van der Waals surface area contributed by atoms with E-state index in [4.69, 9.17) is 0 Å². The molecule has 0 atom stereocenters. The maximum Gasteiger partial charge on any atom is 0.220 e. The van der Waals surface area contributed by atoms with E-state index in [0.717, 1.165) is 29.8 Å². The van der Waals surface area contributed by atoms with E-state index >= 15 is 0 Å². The summed E-state index contributed by atoms with van der Waals surface area (Å²) in [6.45, 7) is 2.52. The summed E-state index contributed by atoms with van der Waals surface area (Å²) < 4.78 is 2.05. The number of benzene rings is 1. The monoisotopic (exact) mass is 324 g/mol. The van der Waals surface area contributed by atoms with Crippen molar-refractivity contribution < 1.29 is 9.59 Å². The van der Waals surface area contributed by atoms with Crippen LogP contribution in [-0.2, 0) is 31.2 Å². The van der Waals surface area contributed by atoms with Gasteiger partial charge in [0.15, 0.2) is 5.78 Å². The summed E-state index contributed by atoms with van der Waals surface area (Å²) in [6.07, 6.45) is 3.85. The molecular formula is C20H24N2O2. The summed E-state index contributed by atoms with van der Waals surface area (Å²) in [7, 11) is 1.98. The predicted molar refractivity (Wildman–Crippen MR) is 94.0 cm³/mol. The van der Waals surface area contributed by atoms with Gasteiger partial charge in [-0.3, -0.25) is 9.59 Å². The van der Waals surface area contributed by atoms with Crippen LogP contribution < -0.4 is 5.32 Å². The number of aryl methyl sites for hydroxylation is 3. The molecule has 0 radical (unpaired) electrons. The van der Waals surface area contributed by atoms with Crippen molar-refractivity contribution in [2.24, 2.45) is 7.05 Å². The molecule has 0 unspecified atom stereocenters. The average Bonchev–Trinajstić information content (AvgIpc) is 3.17. The number of rotatable bonds is 6. The number of ketones is 1. The van der Waals surface area contributed by atoms with E-state index in [0.29, 0.717) is 6.54 Å². The minimum Gasteiger partial charge on any atom is -0.351 e. The summed E-state index contributed by atoms with van der Waals surface area (Å²) in [6, 6.07) is 10.0. The van der Waals surface area contributed by atoms with Gasteiger partial charge in [-0.2, -0.15) is 0 Å². The van der Waals surface area contributed by atoms with Crippen LogP contribution in [0.1, 0.15) is 52.1 Å². The van der Waals surface area contributed by atoms with E-state index in [-0.39, 0.29) is 24.5 Å². The third-order valence-electron chi connectivity index (χ3n) is 4.94. The topological polar surface area (TPSA) is 51.1 Å². The molecule has 1 aliphatic rings. The Labute approximate surface area is 142 Å². The summed E-state index contributed by atoms with van der Waals surface area (Å²) in [5, 5.41) is 2.89. The van der Waals surface area contributed by atoms with Crippen molar-refractivity contribution in [3.8, 4) is 0 Å². The minimum atomic E-state index is -0.0802. The van der Waals surface area contributed by atoms with Crippen molar-refractivity contribution in [1.82, 2.24) is 9.88 Å². The van der Waals surface area contributed by atoms with E-state index in [9.17, 15) is 9.59 Å². The van der Waals surface area contributed by atoms with Crippen molar-refractivity contribution in [2.75, 3.05) is 0 Å². The molecule has 1 aromatic heterocycles. The number of fused-ring (bicyclic) bond motifs is 1. The molecule has 126 valence electrons. The third-order valence-corrected chi connectivity index (χ3v) is 4.94. The smallest absolute Gasteiger partial charge is 0.220 e. The Hall–Kier alpha value is -2.36. The highest BCUT2D eigenvalue weighted by atomic mass is 16.2. The number of carbonyl (C=O) groups is 2. The molecule has 1 N–H and O–H groups in total. The van der Waals surface area contributed by atoms with Gasteiger partial charge in [-0.25, -0.2) is 0 Å². The Kier molecular flexibility index (Phi) is 4.84. The first-order chi connectivity index (χ1) is 11.5.